The van der Waals surface area contributed by atoms with Gasteiger partial charge in [-0.2, -0.15) is 0 Å². The average molecular weight is 371 g/mol. The van der Waals surface area contributed by atoms with E-state index in [1.807, 2.05) is 7.11 Å². The molecule has 0 aliphatic carbocycles. The van der Waals surface area contributed by atoms with Crippen molar-refractivity contribution in [1.82, 2.24) is 0 Å². The Morgan fingerprint density at radius 1 is 0.480 bits per heavy atom. The molecule has 0 unspecified atom stereocenters. The fraction of sp³-hybridized carbons (Fsp3) is 1.00. The number of rotatable bonds is 20. The van der Waals surface area contributed by atoms with Gasteiger partial charge >= 0.3 is 0 Å². The predicted octanol–water partition coefficient (Wildman–Crippen LogP) is 8.88. The number of hydrogen-bond acceptors (Lipinski definition) is 1. The molecule has 0 saturated heterocycles. The van der Waals surface area contributed by atoms with Crippen molar-refractivity contribution in [2.24, 2.45) is 0 Å². The molecule has 0 atom stereocenters. The van der Waals surface area contributed by atoms with Gasteiger partial charge in [-0.15, -0.1) is 0 Å². The molecule has 25 heavy (non-hydrogen) atoms. The first-order valence-corrected chi connectivity index (χ1v) is 14.8. The van der Waals surface area contributed by atoms with Gasteiger partial charge in [0.2, 0.25) is 0 Å². The van der Waals surface area contributed by atoms with Crippen LogP contribution in [0.2, 0.25) is 19.1 Å². The third-order valence-corrected chi connectivity index (χ3v) is 8.35. The van der Waals surface area contributed by atoms with Crippen LogP contribution in [-0.4, -0.2) is 15.4 Å². The van der Waals surface area contributed by atoms with E-state index in [4.69, 9.17) is 4.43 Å². The van der Waals surface area contributed by atoms with E-state index in [9.17, 15) is 0 Å². The third kappa shape index (κ3) is 20.3. The molecule has 1 nitrogen and oxygen atoms in total. The molecular formula is C23H50OSi. The lowest BCUT2D eigenvalue weighted by atomic mass is 10.0. The second-order valence-corrected chi connectivity index (χ2v) is 13.2. The van der Waals surface area contributed by atoms with Crippen molar-refractivity contribution in [3.05, 3.63) is 0 Å². The van der Waals surface area contributed by atoms with E-state index < -0.39 is 8.32 Å². The van der Waals surface area contributed by atoms with E-state index >= 15 is 0 Å². The summed E-state index contributed by atoms with van der Waals surface area (Å²) in [4.78, 5) is 0. The lowest BCUT2D eigenvalue weighted by molar-refractivity contribution is 0.400. The molecule has 0 spiro atoms. The van der Waals surface area contributed by atoms with E-state index in [-0.39, 0.29) is 0 Å². The minimum atomic E-state index is -1.29. The molecule has 0 aromatic carbocycles. The fourth-order valence-corrected chi connectivity index (χ4v) is 4.86. The highest BCUT2D eigenvalue weighted by atomic mass is 28.4. The van der Waals surface area contributed by atoms with Gasteiger partial charge in [-0.1, -0.05) is 122 Å². The molecule has 0 bridgehead atoms. The Hall–Kier alpha value is 0.177. The van der Waals surface area contributed by atoms with Crippen molar-refractivity contribution in [3.8, 4) is 0 Å². The van der Waals surface area contributed by atoms with Crippen LogP contribution in [0.1, 0.15) is 122 Å². The van der Waals surface area contributed by atoms with Crippen LogP contribution in [0.25, 0.3) is 0 Å². The van der Waals surface area contributed by atoms with Crippen molar-refractivity contribution < 1.29 is 4.43 Å². The Kier molecular flexibility index (Phi) is 19.1. The average Bonchev–Trinajstić information content (AvgIpc) is 2.60. The quantitative estimate of drug-likeness (QED) is 0.153. The summed E-state index contributed by atoms with van der Waals surface area (Å²) in [5, 5.41) is 0. The van der Waals surface area contributed by atoms with Crippen LogP contribution in [-0.2, 0) is 4.43 Å². The van der Waals surface area contributed by atoms with E-state index in [1.54, 1.807) is 0 Å². The maximum atomic E-state index is 5.61. The molecule has 0 aromatic heterocycles. The maximum absolute atomic E-state index is 5.61. The molecule has 0 fully saturated rings. The Morgan fingerprint density at radius 2 is 0.760 bits per heavy atom. The highest BCUT2D eigenvalue weighted by molar-refractivity contribution is 6.71. The Balaban J connectivity index is 3.05. The molecule has 0 heterocycles. The molecule has 0 saturated carbocycles. The van der Waals surface area contributed by atoms with Crippen LogP contribution in [0.4, 0.5) is 0 Å². The van der Waals surface area contributed by atoms with Crippen LogP contribution in [0.5, 0.6) is 0 Å². The minimum Gasteiger partial charge on any atom is -0.420 e. The van der Waals surface area contributed by atoms with Gasteiger partial charge < -0.3 is 4.43 Å². The summed E-state index contributed by atoms with van der Waals surface area (Å²) in [6.45, 7) is 6.97. The first-order chi connectivity index (χ1) is 12.1. The van der Waals surface area contributed by atoms with Gasteiger partial charge in [0.1, 0.15) is 0 Å². The van der Waals surface area contributed by atoms with E-state index in [1.165, 1.54) is 122 Å². The lowest BCUT2D eigenvalue weighted by Gasteiger charge is -2.19. The lowest BCUT2D eigenvalue weighted by Crippen LogP contribution is -2.27. The van der Waals surface area contributed by atoms with Gasteiger partial charge in [0, 0.05) is 7.11 Å². The SMILES string of the molecule is CCCCCCCCCCCCCCCCCCCC[Si](C)(C)OC. The van der Waals surface area contributed by atoms with Gasteiger partial charge in [-0.05, 0) is 19.1 Å². The van der Waals surface area contributed by atoms with Crippen molar-refractivity contribution >= 4 is 8.32 Å². The summed E-state index contributed by atoms with van der Waals surface area (Å²) in [6, 6.07) is 1.34. The Labute approximate surface area is 161 Å². The summed E-state index contributed by atoms with van der Waals surface area (Å²) in [5.41, 5.74) is 0. The van der Waals surface area contributed by atoms with Gasteiger partial charge in [0.25, 0.3) is 0 Å². The highest BCUT2D eigenvalue weighted by Gasteiger charge is 2.18. The van der Waals surface area contributed by atoms with Crippen molar-refractivity contribution in [3.63, 3.8) is 0 Å². The van der Waals surface area contributed by atoms with E-state index in [2.05, 4.69) is 20.0 Å². The van der Waals surface area contributed by atoms with Crippen molar-refractivity contribution in [2.75, 3.05) is 7.11 Å². The number of hydrogen-bond donors (Lipinski definition) is 0. The molecule has 2 heteroatoms. The Morgan fingerprint density at radius 3 is 1.04 bits per heavy atom. The van der Waals surface area contributed by atoms with E-state index in [0.29, 0.717) is 0 Å². The van der Waals surface area contributed by atoms with Crippen LogP contribution in [0.15, 0.2) is 0 Å². The fourth-order valence-electron chi connectivity index (χ4n) is 3.55. The van der Waals surface area contributed by atoms with Gasteiger partial charge in [0.15, 0.2) is 8.32 Å². The van der Waals surface area contributed by atoms with Gasteiger partial charge in [0.05, 0.1) is 0 Å². The molecule has 0 aliphatic heterocycles. The highest BCUT2D eigenvalue weighted by Crippen LogP contribution is 2.17. The number of unbranched alkanes of at least 4 members (excludes halogenated alkanes) is 17. The maximum Gasteiger partial charge on any atom is 0.186 e. The first kappa shape index (κ1) is 25.2. The summed E-state index contributed by atoms with van der Waals surface area (Å²) in [7, 11) is 0.602. The standard InChI is InChI=1S/C23H50OSi/c1-5-6-7-8-9-10-11-12-13-14-15-16-17-18-19-20-21-22-23-25(3,4)24-2/h5-23H2,1-4H3. The summed E-state index contributed by atoms with van der Waals surface area (Å²) in [5.74, 6) is 0. The van der Waals surface area contributed by atoms with Gasteiger partial charge in [-0.25, -0.2) is 0 Å². The zero-order valence-electron chi connectivity index (χ0n) is 18.3. The van der Waals surface area contributed by atoms with Gasteiger partial charge in [-0.3, -0.25) is 0 Å². The second-order valence-electron chi connectivity index (χ2n) is 8.72. The van der Waals surface area contributed by atoms with Crippen LogP contribution >= 0.6 is 0 Å². The largest absolute Gasteiger partial charge is 0.420 e. The molecular weight excluding hydrogens is 320 g/mol. The van der Waals surface area contributed by atoms with Crippen LogP contribution in [0.3, 0.4) is 0 Å². The monoisotopic (exact) mass is 370 g/mol. The molecule has 152 valence electrons. The third-order valence-electron chi connectivity index (χ3n) is 5.68. The normalized spacial score (nSPS) is 12.0. The van der Waals surface area contributed by atoms with Crippen LogP contribution < -0.4 is 0 Å². The zero-order chi connectivity index (χ0) is 18.6. The Bertz CT molecular complexity index is 252. The minimum absolute atomic E-state index is 1.29. The predicted molar refractivity (Wildman–Crippen MR) is 118 cm³/mol. The van der Waals surface area contributed by atoms with E-state index in [0.717, 1.165) is 0 Å². The topological polar surface area (TPSA) is 9.23 Å². The molecule has 0 rings (SSSR count). The molecule has 0 aliphatic rings. The second kappa shape index (κ2) is 19.0. The first-order valence-electron chi connectivity index (χ1n) is 11.7. The van der Waals surface area contributed by atoms with Crippen LogP contribution in [0, 0.1) is 0 Å². The molecule has 0 radical (unpaired) electrons. The van der Waals surface area contributed by atoms with Crippen molar-refractivity contribution in [2.45, 2.75) is 142 Å². The summed E-state index contributed by atoms with van der Waals surface area (Å²) >= 11 is 0. The smallest absolute Gasteiger partial charge is 0.186 e. The molecule has 0 amide bonds. The van der Waals surface area contributed by atoms with Crippen molar-refractivity contribution in [1.29, 1.82) is 0 Å². The molecule has 0 N–H and O–H groups in total. The summed E-state index contributed by atoms with van der Waals surface area (Å²) in [6.07, 6.45) is 26.2. The zero-order valence-corrected chi connectivity index (χ0v) is 19.3. The summed E-state index contributed by atoms with van der Waals surface area (Å²) < 4.78 is 5.61. The molecule has 0 aromatic rings.